The third-order valence-electron chi connectivity index (χ3n) is 2.74. The fourth-order valence-electron chi connectivity index (χ4n) is 1.26. The van der Waals surface area contributed by atoms with Gasteiger partial charge in [-0.2, -0.15) is 0 Å². The summed E-state index contributed by atoms with van der Waals surface area (Å²) in [6.07, 6.45) is 0.560. The molecule has 0 saturated carbocycles. The van der Waals surface area contributed by atoms with E-state index >= 15 is 0 Å². The molecule has 0 spiro atoms. The highest BCUT2D eigenvalue weighted by Crippen LogP contribution is 2.19. The fraction of sp³-hybridized carbons (Fsp3) is 0.417. The largest absolute Gasteiger partial charge is 0.394 e. The van der Waals surface area contributed by atoms with Crippen molar-refractivity contribution in [1.29, 1.82) is 0 Å². The number of nitrogens with one attached hydrogen (secondary N) is 1. The summed E-state index contributed by atoms with van der Waals surface area (Å²) in [5.74, 6) is -1.12. The van der Waals surface area contributed by atoms with E-state index in [4.69, 9.17) is 0 Å². The molecule has 3 nitrogen and oxygen atoms in total. The molecular formula is C12H15BrFNO2. The number of hydrogen-bond donors (Lipinski definition) is 2. The number of hydrogen-bond acceptors (Lipinski definition) is 2. The minimum absolute atomic E-state index is 0.0347. The Morgan fingerprint density at radius 1 is 1.59 bits per heavy atom. The number of carbonyl (C=O) groups is 1. The van der Waals surface area contributed by atoms with Gasteiger partial charge in [-0.05, 0) is 41.4 Å². The molecule has 0 fully saturated rings. The first-order valence-corrected chi connectivity index (χ1v) is 6.10. The van der Waals surface area contributed by atoms with E-state index in [1.54, 1.807) is 13.0 Å². The van der Waals surface area contributed by atoms with E-state index < -0.39 is 17.3 Å². The van der Waals surface area contributed by atoms with Crippen LogP contribution in [0.15, 0.2) is 22.7 Å². The molecule has 17 heavy (non-hydrogen) atoms. The topological polar surface area (TPSA) is 49.3 Å². The predicted molar refractivity (Wildman–Crippen MR) is 67.3 cm³/mol. The lowest BCUT2D eigenvalue weighted by Crippen LogP contribution is -2.48. The Morgan fingerprint density at radius 2 is 2.24 bits per heavy atom. The van der Waals surface area contributed by atoms with Crippen LogP contribution < -0.4 is 5.32 Å². The SMILES string of the molecule is CCC(C)(CO)NC(=O)c1cccc(Br)c1F. The highest BCUT2D eigenvalue weighted by Gasteiger charge is 2.25. The lowest BCUT2D eigenvalue weighted by atomic mass is 9.99. The number of amides is 1. The molecule has 2 N–H and O–H groups in total. The zero-order valence-corrected chi connectivity index (χ0v) is 11.3. The van der Waals surface area contributed by atoms with E-state index in [1.165, 1.54) is 12.1 Å². The van der Waals surface area contributed by atoms with Crippen LogP contribution in [0, 0.1) is 5.82 Å². The Labute approximate surface area is 108 Å². The van der Waals surface area contributed by atoms with E-state index in [-0.39, 0.29) is 16.6 Å². The summed E-state index contributed by atoms with van der Waals surface area (Å²) in [5, 5.41) is 11.8. The van der Waals surface area contributed by atoms with Crippen LogP contribution in [0.5, 0.6) is 0 Å². The molecule has 1 rings (SSSR count). The Bertz CT molecular complexity index is 419. The van der Waals surface area contributed by atoms with Crippen LogP contribution in [0.25, 0.3) is 0 Å². The van der Waals surface area contributed by atoms with Gasteiger partial charge in [0, 0.05) is 0 Å². The van der Waals surface area contributed by atoms with E-state index in [1.807, 2.05) is 6.92 Å². The van der Waals surface area contributed by atoms with E-state index in [0.717, 1.165) is 0 Å². The molecule has 0 aliphatic carbocycles. The Balaban J connectivity index is 2.94. The van der Waals surface area contributed by atoms with Crippen LogP contribution in [-0.2, 0) is 0 Å². The number of aliphatic hydroxyl groups is 1. The minimum atomic E-state index is -0.730. The molecule has 1 atom stereocenters. The average Bonchev–Trinajstić information content (AvgIpc) is 2.32. The summed E-state index contributed by atoms with van der Waals surface area (Å²) < 4.78 is 13.9. The number of carbonyl (C=O) groups excluding carboxylic acids is 1. The fourth-order valence-corrected chi connectivity index (χ4v) is 1.63. The van der Waals surface area contributed by atoms with Gasteiger partial charge in [-0.1, -0.05) is 13.0 Å². The van der Waals surface area contributed by atoms with Crippen LogP contribution in [0.2, 0.25) is 0 Å². The van der Waals surface area contributed by atoms with Crippen molar-refractivity contribution in [2.45, 2.75) is 25.8 Å². The van der Waals surface area contributed by atoms with Crippen LogP contribution >= 0.6 is 15.9 Å². The highest BCUT2D eigenvalue weighted by atomic mass is 79.9. The van der Waals surface area contributed by atoms with Crippen LogP contribution in [0.3, 0.4) is 0 Å². The van der Waals surface area contributed by atoms with Gasteiger partial charge < -0.3 is 10.4 Å². The maximum atomic E-state index is 13.7. The van der Waals surface area contributed by atoms with Gasteiger partial charge in [0.15, 0.2) is 0 Å². The second-order valence-electron chi connectivity index (χ2n) is 4.13. The molecule has 5 heteroatoms. The van der Waals surface area contributed by atoms with Crippen molar-refractivity contribution >= 4 is 21.8 Å². The Hall–Kier alpha value is -0.940. The summed E-state index contributed by atoms with van der Waals surface area (Å²) in [5.41, 5.74) is -0.765. The van der Waals surface area contributed by atoms with Crippen molar-refractivity contribution in [3.05, 3.63) is 34.1 Å². The van der Waals surface area contributed by atoms with Gasteiger partial charge in [-0.3, -0.25) is 4.79 Å². The number of rotatable bonds is 4. The highest BCUT2D eigenvalue weighted by molar-refractivity contribution is 9.10. The third kappa shape index (κ3) is 3.26. The zero-order chi connectivity index (χ0) is 13.1. The van der Waals surface area contributed by atoms with Crippen molar-refractivity contribution < 1.29 is 14.3 Å². The molecule has 94 valence electrons. The molecule has 0 aliphatic rings. The van der Waals surface area contributed by atoms with Crippen molar-refractivity contribution in [3.8, 4) is 0 Å². The second-order valence-corrected chi connectivity index (χ2v) is 4.98. The van der Waals surface area contributed by atoms with Crippen LogP contribution in [0.1, 0.15) is 30.6 Å². The number of benzene rings is 1. The molecule has 1 aromatic carbocycles. The first-order valence-electron chi connectivity index (χ1n) is 5.31. The predicted octanol–water partition coefficient (Wildman–Crippen LogP) is 2.48. The third-order valence-corrected chi connectivity index (χ3v) is 3.35. The summed E-state index contributed by atoms with van der Waals surface area (Å²) >= 11 is 3.02. The van der Waals surface area contributed by atoms with E-state index in [2.05, 4.69) is 21.2 Å². The summed E-state index contributed by atoms with van der Waals surface area (Å²) in [6.45, 7) is 3.36. The first kappa shape index (κ1) is 14.1. The summed E-state index contributed by atoms with van der Waals surface area (Å²) in [4.78, 5) is 11.9. The number of halogens is 2. The molecule has 0 heterocycles. The van der Waals surface area contributed by atoms with Crippen LogP contribution in [-0.4, -0.2) is 23.2 Å². The van der Waals surface area contributed by atoms with Gasteiger partial charge in [0.1, 0.15) is 5.82 Å². The number of aliphatic hydroxyl groups excluding tert-OH is 1. The second kappa shape index (κ2) is 5.60. The first-order chi connectivity index (χ1) is 7.93. The summed E-state index contributed by atoms with van der Waals surface area (Å²) in [7, 11) is 0. The van der Waals surface area contributed by atoms with Gasteiger partial charge >= 0.3 is 0 Å². The monoisotopic (exact) mass is 303 g/mol. The molecule has 0 aromatic heterocycles. The Morgan fingerprint density at radius 3 is 2.76 bits per heavy atom. The molecule has 0 bridgehead atoms. The van der Waals surface area contributed by atoms with Crippen LogP contribution in [0.4, 0.5) is 4.39 Å². The molecule has 1 amide bonds. The normalized spacial score (nSPS) is 14.2. The standard InChI is InChI=1S/C12H15BrFNO2/c1-3-12(2,7-16)15-11(17)8-5-4-6-9(13)10(8)14/h4-6,16H,3,7H2,1-2H3,(H,15,17). The smallest absolute Gasteiger partial charge is 0.254 e. The van der Waals surface area contributed by atoms with Crippen molar-refractivity contribution in [2.24, 2.45) is 0 Å². The van der Waals surface area contributed by atoms with E-state index in [9.17, 15) is 14.3 Å². The maximum Gasteiger partial charge on any atom is 0.254 e. The van der Waals surface area contributed by atoms with Crippen molar-refractivity contribution in [3.63, 3.8) is 0 Å². The maximum absolute atomic E-state index is 13.7. The lowest BCUT2D eigenvalue weighted by Gasteiger charge is -2.27. The average molecular weight is 304 g/mol. The molecule has 1 aromatic rings. The van der Waals surface area contributed by atoms with Crippen molar-refractivity contribution in [1.82, 2.24) is 5.32 Å². The van der Waals surface area contributed by atoms with Gasteiger partial charge in [-0.15, -0.1) is 0 Å². The molecular weight excluding hydrogens is 289 g/mol. The molecule has 0 radical (unpaired) electrons. The molecule has 1 unspecified atom stereocenters. The minimum Gasteiger partial charge on any atom is -0.394 e. The Kier molecular flexibility index (Phi) is 4.65. The lowest BCUT2D eigenvalue weighted by molar-refractivity contribution is 0.0843. The van der Waals surface area contributed by atoms with E-state index in [0.29, 0.717) is 6.42 Å². The van der Waals surface area contributed by atoms with Gasteiger partial charge in [0.05, 0.1) is 22.2 Å². The molecule has 0 saturated heterocycles. The zero-order valence-electron chi connectivity index (χ0n) is 9.76. The summed E-state index contributed by atoms with van der Waals surface area (Å²) in [6, 6.07) is 4.52. The van der Waals surface area contributed by atoms with Gasteiger partial charge in [0.2, 0.25) is 0 Å². The van der Waals surface area contributed by atoms with Gasteiger partial charge in [-0.25, -0.2) is 4.39 Å². The van der Waals surface area contributed by atoms with Crippen molar-refractivity contribution in [2.75, 3.05) is 6.61 Å². The molecule has 0 aliphatic heterocycles. The quantitative estimate of drug-likeness (QED) is 0.898. The van der Waals surface area contributed by atoms with Gasteiger partial charge in [0.25, 0.3) is 5.91 Å².